The fourth-order valence-electron chi connectivity index (χ4n) is 1.12. The van der Waals surface area contributed by atoms with Crippen molar-refractivity contribution in [1.29, 1.82) is 0 Å². The summed E-state index contributed by atoms with van der Waals surface area (Å²) in [6.07, 6.45) is 0.0208. The zero-order valence-corrected chi connectivity index (χ0v) is 7.53. The standard InChI is InChI=1S/C10H10F2O/c1-6(13)5-8-3-4-9(11)7(2)10(8)12/h3-4H,5H2,1-2H3. The van der Waals surface area contributed by atoms with Crippen molar-refractivity contribution in [1.82, 2.24) is 0 Å². The highest BCUT2D eigenvalue weighted by molar-refractivity contribution is 5.78. The highest BCUT2D eigenvalue weighted by Crippen LogP contribution is 2.16. The zero-order chi connectivity index (χ0) is 10.0. The maximum absolute atomic E-state index is 13.2. The van der Waals surface area contributed by atoms with E-state index in [0.717, 1.165) is 0 Å². The molecule has 0 bridgehead atoms. The van der Waals surface area contributed by atoms with Crippen LogP contribution in [0.3, 0.4) is 0 Å². The molecule has 0 unspecified atom stereocenters. The average Bonchev–Trinajstić information content (AvgIpc) is 2.06. The van der Waals surface area contributed by atoms with Gasteiger partial charge in [-0.15, -0.1) is 0 Å². The van der Waals surface area contributed by atoms with Crippen LogP contribution in [0.15, 0.2) is 12.1 Å². The van der Waals surface area contributed by atoms with Crippen LogP contribution >= 0.6 is 0 Å². The maximum atomic E-state index is 13.2. The quantitative estimate of drug-likeness (QED) is 0.689. The summed E-state index contributed by atoms with van der Waals surface area (Å²) in [6, 6.07) is 2.48. The van der Waals surface area contributed by atoms with Crippen LogP contribution in [-0.2, 0) is 11.2 Å². The molecule has 0 radical (unpaired) electrons. The van der Waals surface area contributed by atoms with Crippen LogP contribution in [0, 0.1) is 18.6 Å². The van der Waals surface area contributed by atoms with E-state index in [-0.39, 0.29) is 23.3 Å². The van der Waals surface area contributed by atoms with Gasteiger partial charge in [-0.05, 0) is 25.5 Å². The number of ketones is 1. The minimum atomic E-state index is -0.616. The van der Waals surface area contributed by atoms with Crippen LogP contribution in [0.4, 0.5) is 8.78 Å². The van der Waals surface area contributed by atoms with Gasteiger partial charge in [0.2, 0.25) is 0 Å². The Balaban J connectivity index is 3.10. The van der Waals surface area contributed by atoms with Crippen LogP contribution in [0.25, 0.3) is 0 Å². The summed E-state index contributed by atoms with van der Waals surface area (Å²) in [5, 5.41) is 0. The lowest BCUT2D eigenvalue weighted by Gasteiger charge is -2.03. The van der Waals surface area contributed by atoms with Gasteiger partial charge in [-0.3, -0.25) is 4.79 Å². The van der Waals surface area contributed by atoms with Gasteiger partial charge in [0.25, 0.3) is 0 Å². The van der Waals surface area contributed by atoms with Crippen molar-refractivity contribution in [3.63, 3.8) is 0 Å². The van der Waals surface area contributed by atoms with E-state index in [1.807, 2.05) is 0 Å². The molecule has 0 saturated carbocycles. The van der Waals surface area contributed by atoms with E-state index in [2.05, 4.69) is 0 Å². The molecule has 0 aliphatic rings. The van der Waals surface area contributed by atoms with Crippen LogP contribution in [0.2, 0.25) is 0 Å². The van der Waals surface area contributed by atoms with E-state index in [0.29, 0.717) is 0 Å². The van der Waals surface area contributed by atoms with Crippen molar-refractivity contribution >= 4 is 5.78 Å². The molecule has 0 fully saturated rings. The second kappa shape index (κ2) is 3.64. The van der Waals surface area contributed by atoms with Gasteiger partial charge in [-0.2, -0.15) is 0 Å². The minimum absolute atomic E-state index is 0.0208. The SMILES string of the molecule is CC(=O)Cc1ccc(F)c(C)c1F. The van der Waals surface area contributed by atoms with Gasteiger partial charge in [0, 0.05) is 12.0 Å². The Morgan fingerprint density at radius 1 is 1.38 bits per heavy atom. The molecule has 13 heavy (non-hydrogen) atoms. The number of hydrogen-bond donors (Lipinski definition) is 0. The Kier molecular flexibility index (Phi) is 2.76. The van der Waals surface area contributed by atoms with Gasteiger partial charge in [-0.25, -0.2) is 8.78 Å². The number of hydrogen-bond acceptors (Lipinski definition) is 1. The Hall–Kier alpha value is -1.25. The summed E-state index contributed by atoms with van der Waals surface area (Å²) in [5.41, 5.74) is 0.227. The van der Waals surface area contributed by atoms with E-state index < -0.39 is 11.6 Å². The van der Waals surface area contributed by atoms with Crippen LogP contribution in [-0.4, -0.2) is 5.78 Å². The molecule has 0 aliphatic carbocycles. The molecule has 3 heteroatoms. The second-order valence-electron chi connectivity index (χ2n) is 3.02. The van der Waals surface area contributed by atoms with Gasteiger partial charge in [-0.1, -0.05) is 6.07 Å². The number of carbonyl (C=O) groups excluding carboxylic acids is 1. The number of Topliss-reactive ketones (excluding diaryl/α,β-unsaturated/α-hetero) is 1. The topological polar surface area (TPSA) is 17.1 Å². The maximum Gasteiger partial charge on any atom is 0.134 e. The summed E-state index contributed by atoms with van der Waals surface area (Å²) in [7, 11) is 0. The highest BCUT2D eigenvalue weighted by Gasteiger charge is 2.10. The smallest absolute Gasteiger partial charge is 0.134 e. The average molecular weight is 184 g/mol. The number of rotatable bonds is 2. The predicted octanol–water partition coefficient (Wildman–Crippen LogP) is 2.40. The molecule has 1 aromatic rings. The molecule has 1 rings (SSSR count). The summed E-state index contributed by atoms with van der Waals surface area (Å²) < 4.78 is 26.0. The van der Waals surface area contributed by atoms with Gasteiger partial charge in [0.15, 0.2) is 0 Å². The molecule has 0 spiro atoms. The molecule has 0 atom stereocenters. The number of halogens is 2. The molecule has 0 aliphatic heterocycles. The Morgan fingerprint density at radius 3 is 2.54 bits per heavy atom. The number of carbonyl (C=O) groups is 1. The predicted molar refractivity (Wildman–Crippen MR) is 45.5 cm³/mol. The third kappa shape index (κ3) is 2.11. The molecular formula is C10H10F2O. The second-order valence-corrected chi connectivity index (χ2v) is 3.02. The van der Waals surface area contributed by atoms with Crippen LogP contribution in [0.1, 0.15) is 18.1 Å². The molecule has 70 valence electrons. The van der Waals surface area contributed by atoms with E-state index in [4.69, 9.17) is 0 Å². The molecule has 0 amide bonds. The van der Waals surface area contributed by atoms with E-state index in [1.165, 1.54) is 26.0 Å². The first kappa shape index (κ1) is 9.84. The van der Waals surface area contributed by atoms with Crippen molar-refractivity contribution in [3.8, 4) is 0 Å². The monoisotopic (exact) mass is 184 g/mol. The van der Waals surface area contributed by atoms with E-state index >= 15 is 0 Å². The Morgan fingerprint density at radius 2 is 2.00 bits per heavy atom. The largest absolute Gasteiger partial charge is 0.300 e. The molecule has 0 N–H and O–H groups in total. The van der Waals surface area contributed by atoms with Crippen molar-refractivity contribution in [2.24, 2.45) is 0 Å². The fourth-order valence-corrected chi connectivity index (χ4v) is 1.12. The lowest BCUT2D eigenvalue weighted by molar-refractivity contribution is -0.116. The van der Waals surface area contributed by atoms with E-state index in [9.17, 15) is 13.6 Å². The lowest BCUT2D eigenvalue weighted by atomic mass is 10.1. The van der Waals surface area contributed by atoms with Crippen molar-refractivity contribution < 1.29 is 13.6 Å². The zero-order valence-electron chi connectivity index (χ0n) is 7.53. The summed E-state index contributed by atoms with van der Waals surface area (Å²) in [6.45, 7) is 2.73. The van der Waals surface area contributed by atoms with Gasteiger partial charge >= 0.3 is 0 Å². The molecule has 1 nitrogen and oxygen atoms in total. The molecule has 1 aromatic carbocycles. The van der Waals surface area contributed by atoms with Gasteiger partial charge in [0.05, 0.1) is 0 Å². The summed E-state index contributed by atoms with van der Waals surface area (Å²) in [4.78, 5) is 10.7. The summed E-state index contributed by atoms with van der Waals surface area (Å²) >= 11 is 0. The molecule has 0 heterocycles. The van der Waals surface area contributed by atoms with Crippen molar-refractivity contribution in [2.75, 3.05) is 0 Å². The number of benzene rings is 1. The van der Waals surface area contributed by atoms with Crippen LogP contribution < -0.4 is 0 Å². The first-order valence-corrected chi connectivity index (χ1v) is 3.95. The first-order valence-electron chi connectivity index (χ1n) is 3.95. The van der Waals surface area contributed by atoms with Gasteiger partial charge < -0.3 is 0 Å². The van der Waals surface area contributed by atoms with Crippen molar-refractivity contribution in [3.05, 3.63) is 34.9 Å². The van der Waals surface area contributed by atoms with Gasteiger partial charge in [0.1, 0.15) is 17.4 Å². The Bertz CT molecular complexity index is 345. The Labute approximate surface area is 75.4 Å². The lowest BCUT2D eigenvalue weighted by Crippen LogP contribution is -2.02. The normalized spacial score (nSPS) is 10.2. The molecule has 0 saturated heterocycles. The minimum Gasteiger partial charge on any atom is -0.300 e. The molecule has 0 aromatic heterocycles. The third-order valence-corrected chi connectivity index (χ3v) is 1.84. The van der Waals surface area contributed by atoms with Crippen LogP contribution in [0.5, 0.6) is 0 Å². The molecular weight excluding hydrogens is 174 g/mol. The third-order valence-electron chi connectivity index (χ3n) is 1.84. The highest BCUT2D eigenvalue weighted by atomic mass is 19.1. The fraction of sp³-hybridized carbons (Fsp3) is 0.300. The summed E-state index contributed by atoms with van der Waals surface area (Å²) in [5.74, 6) is -1.33. The van der Waals surface area contributed by atoms with Crippen molar-refractivity contribution in [2.45, 2.75) is 20.3 Å². The first-order chi connectivity index (χ1) is 6.02. The van der Waals surface area contributed by atoms with E-state index in [1.54, 1.807) is 0 Å².